The van der Waals surface area contributed by atoms with Gasteiger partial charge in [-0.2, -0.15) is 5.10 Å². The number of hydrogen-bond donors (Lipinski definition) is 2. The van der Waals surface area contributed by atoms with Gasteiger partial charge in [-0.05, 0) is 25.6 Å². The van der Waals surface area contributed by atoms with Crippen molar-refractivity contribution in [2.45, 2.75) is 13.0 Å². The zero-order valence-electron chi connectivity index (χ0n) is 10.9. The highest BCUT2D eigenvalue weighted by molar-refractivity contribution is 5.77. The maximum atomic E-state index is 11.8. The van der Waals surface area contributed by atoms with Crippen molar-refractivity contribution in [1.29, 1.82) is 0 Å². The number of amides is 1. The molecule has 18 heavy (non-hydrogen) atoms. The quantitative estimate of drug-likeness (QED) is 0.745. The Morgan fingerprint density at radius 3 is 3.17 bits per heavy atom. The third kappa shape index (κ3) is 3.82. The minimum atomic E-state index is 0.0816. The van der Waals surface area contributed by atoms with E-state index in [0.29, 0.717) is 13.1 Å². The van der Waals surface area contributed by atoms with Crippen LogP contribution in [0.1, 0.15) is 12.1 Å². The average molecular weight is 251 g/mol. The molecule has 0 saturated carbocycles. The molecule has 2 rings (SSSR count). The van der Waals surface area contributed by atoms with Crippen molar-refractivity contribution in [3.8, 4) is 0 Å². The number of nitrogens with one attached hydrogen (secondary N) is 2. The molecule has 1 saturated heterocycles. The van der Waals surface area contributed by atoms with E-state index in [0.717, 1.165) is 38.3 Å². The molecule has 2 heterocycles. The zero-order valence-corrected chi connectivity index (χ0v) is 10.9. The van der Waals surface area contributed by atoms with E-state index >= 15 is 0 Å². The molecule has 1 aliphatic rings. The number of aromatic nitrogens is 2. The average Bonchev–Trinajstić information content (AvgIpc) is 2.61. The van der Waals surface area contributed by atoms with Crippen molar-refractivity contribution < 1.29 is 4.79 Å². The van der Waals surface area contributed by atoms with Gasteiger partial charge in [-0.3, -0.25) is 14.4 Å². The fourth-order valence-electron chi connectivity index (χ4n) is 2.08. The summed E-state index contributed by atoms with van der Waals surface area (Å²) >= 11 is 0. The summed E-state index contributed by atoms with van der Waals surface area (Å²) in [7, 11) is 1.88. The van der Waals surface area contributed by atoms with Crippen LogP contribution in [0, 0.1) is 0 Å². The summed E-state index contributed by atoms with van der Waals surface area (Å²) in [5, 5.41) is 10.3. The van der Waals surface area contributed by atoms with E-state index in [-0.39, 0.29) is 5.91 Å². The molecule has 1 fully saturated rings. The van der Waals surface area contributed by atoms with Gasteiger partial charge in [0.15, 0.2) is 0 Å². The summed E-state index contributed by atoms with van der Waals surface area (Å²) in [5.74, 6) is 0.0816. The van der Waals surface area contributed by atoms with Crippen molar-refractivity contribution in [2.24, 2.45) is 7.05 Å². The van der Waals surface area contributed by atoms with Gasteiger partial charge in [-0.25, -0.2) is 0 Å². The van der Waals surface area contributed by atoms with Gasteiger partial charge in [0.1, 0.15) is 0 Å². The lowest BCUT2D eigenvalue weighted by atomic mass is 10.3. The standard InChI is InChI=1S/C12H21N5O/c1-16-11(3-5-15-16)9-14-12(18)10-17-7-2-4-13-6-8-17/h3,5,13H,2,4,6-10H2,1H3,(H,14,18). The molecule has 0 aromatic carbocycles. The SMILES string of the molecule is Cn1nccc1CNC(=O)CN1CCCNCC1. The number of rotatable bonds is 4. The molecule has 1 aliphatic heterocycles. The largest absolute Gasteiger partial charge is 0.349 e. The summed E-state index contributed by atoms with van der Waals surface area (Å²) in [6, 6.07) is 1.91. The van der Waals surface area contributed by atoms with Crippen molar-refractivity contribution in [1.82, 2.24) is 25.3 Å². The molecule has 6 heteroatoms. The number of carbonyl (C=O) groups excluding carboxylic acids is 1. The second-order valence-corrected chi connectivity index (χ2v) is 4.60. The molecule has 0 aliphatic carbocycles. The fourth-order valence-corrected chi connectivity index (χ4v) is 2.08. The summed E-state index contributed by atoms with van der Waals surface area (Å²) in [5.41, 5.74) is 1.01. The van der Waals surface area contributed by atoms with Gasteiger partial charge >= 0.3 is 0 Å². The van der Waals surface area contributed by atoms with Crippen LogP contribution in [0.15, 0.2) is 12.3 Å². The van der Waals surface area contributed by atoms with Crippen LogP contribution in [-0.2, 0) is 18.4 Å². The Hall–Kier alpha value is -1.40. The van der Waals surface area contributed by atoms with Crippen molar-refractivity contribution in [3.63, 3.8) is 0 Å². The molecule has 100 valence electrons. The first-order valence-electron chi connectivity index (χ1n) is 6.42. The fraction of sp³-hybridized carbons (Fsp3) is 0.667. The Balaban J connectivity index is 1.73. The van der Waals surface area contributed by atoms with Crippen molar-refractivity contribution >= 4 is 5.91 Å². The summed E-state index contributed by atoms with van der Waals surface area (Å²) in [6.45, 7) is 4.98. The highest BCUT2D eigenvalue weighted by atomic mass is 16.2. The molecule has 0 spiro atoms. The van der Waals surface area contributed by atoms with E-state index in [2.05, 4.69) is 20.6 Å². The highest BCUT2D eigenvalue weighted by Gasteiger charge is 2.12. The van der Waals surface area contributed by atoms with Crippen molar-refractivity contribution in [2.75, 3.05) is 32.7 Å². The number of carbonyl (C=O) groups is 1. The lowest BCUT2D eigenvalue weighted by molar-refractivity contribution is -0.122. The number of hydrogen-bond acceptors (Lipinski definition) is 4. The maximum absolute atomic E-state index is 11.8. The Morgan fingerprint density at radius 1 is 1.50 bits per heavy atom. The summed E-state index contributed by atoms with van der Waals surface area (Å²) in [6.07, 6.45) is 2.84. The Morgan fingerprint density at radius 2 is 2.39 bits per heavy atom. The predicted molar refractivity (Wildman–Crippen MR) is 69.0 cm³/mol. The van der Waals surface area contributed by atoms with Gasteiger partial charge in [-0.1, -0.05) is 0 Å². The van der Waals surface area contributed by atoms with Gasteiger partial charge in [0.2, 0.25) is 5.91 Å². The van der Waals surface area contributed by atoms with Crippen LogP contribution >= 0.6 is 0 Å². The van der Waals surface area contributed by atoms with Crippen LogP contribution in [0.2, 0.25) is 0 Å². The summed E-state index contributed by atoms with van der Waals surface area (Å²) in [4.78, 5) is 14.0. The monoisotopic (exact) mass is 251 g/mol. The second kappa shape index (κ2) is 6.51. The Kier molecular flexibility index (Phi) is 4.72. The third-order valence-corrected chi connectivity index (χ3v) is 3.19. The molecule has 0 bridgehead atoms. The topological polar surface area (TPSA) is 62.2 Å². The number of nitrogens with zero attached hydrogens (tertiary/aromatic N) is 3. The minimum Gasteiger partial charge on any atom is -0.349 e. The smallest absolute Gasteiger partial charge is 0.234 e. The van der Waals surface area contributed by atoms with E-state index in [1.165, 1.54) is 0 Å². The third-order valence-electron chi connectivity index (χ3n) is 3.19. The lowest BCUT2D eigenvalue weighted by Gasteiger charge is -2.18. The molecule has 0 radical (unpaired) electrons. The van der Waals surface area contributed by atoms with Crippen LogP contribution in [-0.4, -0.2) is 53.3 Å². The molecule has 0 unspecified atom stereocenters. The first-order chi connectivity index (χ1) is 8.75. The van der Waals surface area contributed by atoms with Gasteiger partial charge in [0.25, 0.3) is 0 Å². The van der Waals surface area contributed by atoms with Crippen molar-refractivity contribution in [3.05, 3.63) is 18.0 Å². The van der Waals surface area contributed by atoms with E-state index in [4.69, 9.17) is 0 Å². The first-order valence-corrected chi connectivity index (χ1v) is 6.42. The maximum Gasteiger partial charge on any atom is 0.234 e. The Labute approximate surface area is 107 Å². The number of aryl methyl sites for hydroxylation is 1. The van der Waals surface area contributed by atoms with Gasteiger partial charge in [0.05, 0.1) is 18.8 Å². The van der Waals surface area contributed by atoms with Crippen LogP contribution in [0.4, 0.5) is 0 Å². The van der Waals surface area contributed by atoms with Crippen LogP contribution < -0.4 is 10.6 Å². The highest BCUT2D eigenvalue weighted by Crippen LogP contribution is 1.97. The van der Waals surface area contributed by atoms with Gasteiger partial charge in [0, 0.05) is 26.3 Å². The first kappa shape index (κ1) is 13.0. The van der Waals surface area contributed by atoms with Crippen LogP contribution in [0.25, 0.3) is 0 Å². The predicted octanol–water partition coefficient (Wildman–Crippen LogP) is -0.668. The minimum absolute atomic E-state index is 0.0816. The second-order valence-electron chi connectivity index (χ2n) is 4.60. The van der Waals surface area contributed by atoms with E-state index in [1.807, 2.05) is 13.1 Å². The van der Waals surface area contributed by atoms with E-state index in [9.17, 15) is 4.79 Å². The van der Waals surface area contributed by atoms with Crippen LogP contribution in [0.3, 0.4) is 0 Å². The molecule has 0 atom stereocenters. The molecule has 2 N–H and O–H groups in total. The van der Waals surface area contributed by atoms with E-state index in [1.54, 1.807) is 10.9 Å². The normalized spacial score (nSPS) is 17.4. The van der Waals surface area contributed by atoms with Gasteiger partial charge in [-0.15, -0.1) is 0 Å². The van der Waals surface area contributed by atoms with Crippen LogP contribution in [0.5, 0.6) is 0 Å². The molecular weight excluding hydrogens is 230 g/mol. The summed E-state index contributed by atoms with van der Waals surface area (Å²) < 4.78 is 1.77. The molecule has 1 aromatic heterocycles. The molecular formula is C12H21N5O. The molecule has 1 amide bonds. The zero-order chi connectivity index (χ0) is 12.8. The lowest BCUT2D eigenvalue weighted by Crippen LogP contribution is -2.38. The Bertz CT molecular complexity index is 382. The van der Waals surface area contributed by atoms with Gasteiger partial charge < -0.3 is 10.6 Å². The van der Waals surface area contributed by atoms with E-state index < -0.39 is 0 Å². The molecule has 1 aromatic rings. The molecule has 6 nitrogen and oxygen atoms in total.